The van der Waals surface area contributed by atoms with Gasteiger partial charge in [0, 0.05) is 52.1 Å². The van der Waals surface area contributed by atoms with Crippen molar-refractivity contribution in [1.29, 1.82) is 0 Å². The molecule has 112 valence electrons. The van der Waals surface area contributed by atoms with Crippen LogP contribution in [0, 0.1) is 0 Å². The number of carbonyl (C=O) groups is 1. The molecule has 0 saturated heterocycles. The van der Waals surface area contributed by atoms with E-state index in [1.165, 1.54) is 0 Å². The van der Waals surface area contributed by atoms with Crippen LogP contribution in [0.2, 0.25) is 0 Å². The van der Waals surface area contributed by atoms with Gasteiger partial charge in [-0.3, -0.25) is 4.79 Å². The molecule has 6 nitrogen and oxygen atoms in total. The van der Waals surface area contributed by atoms with E-state index in [2.05, 4.69) is 15.6 Å². The van der Waals surface area contributed by atoms with E-state index in [0.29, 0.717) is 26.1 Å². The maximum atomic E-state index is 11.4. The Morgan fingerprint density at radius 3 is 2.74 bits per heavy atom. The maximum absolute atomic E-state index is 11.4. The molecule has 1 heterocycles. The Kier molecular flexibility index (Phi) is 14.7. The second-order valence-electron chi connectivity index (χ2n) is 3.64. The Morgan fingerprint density at radius 2 is 2.11 bits per heavy atom. The van der Waals surface area contributed by atoms with Crippen LogP contribution in [-0.4, -0.2) is 48.8 Å². The van der Waals surface area contributed by atoms with Crippen molar-refractivity contribution in [2.45, 2.75) is 13.0 Å². The topological polar surface area (TPSA) is 68.2 Å². The molecule has 0 aliphatic carbocycles. The number of aromatic nitrogens is 2. The van der Waals surface area contributed by atoms with E-state index in [0.717, 1.165) is 13.1 Å². The summed E-state index contributed by atoms with van der Waals surface area (Å²) in [6.07, 6.45) is 5.74. The number of hydrogen-bond acceptors (Lipinski definition) is 4. The van der Waals surface area contributed by atoms with E-state index < -0.39 is 0 Å². The fourth-order valence-electron chi connectivity index (χ4n) is 1.33. The van der Waals surface area contributed by atoms with Crippen molar-refractivity contribution in [1.82, 2.24) is 20.2 Å². The molecule has 1 aromatic rings. The highest BCUT2D eigenvalue weighted by atomic mass is 35.5. The van der Waals surface area contributed by atoms with E-state index in [-0.39, 0.29) is 30.7 Å². The molecule has 8 heteroatoms. The number of methoxy groups -OCH3 is 1. The summed E-state index contributed by atoms with van der Waals surface area (Å²) in [5.74, 6) is 0.0623. The van der Waals surface area contributed by atoms with Crippen LogP contribution >= 0.6 is 24.8 Å². The van der Waals surface area contributed by atoms with Gasteiger partial charge >= 0.3 is 0 Å². The third-order valence-electron chi connectivity index (χ3n) is 2.26. The predicted octanol–water partition coefficient (Wildman–Crippen LogP) is 0.469. The number of halogens is 2. The minimum atomic E-state index is 0. The number of imidazole rings is 1. The third-order valence-corrected chi connectivity index (χ3v) is 2.26. The number of aryl methyl sites for hydroxylation is 1. The van der Waals surface area contributed by atoms with Crippen LogP contribution in [0.25, 0.3) is 0 Å². The van der Waals surface area contributed by atoms with Crippen molar-refractivity contribution in [3.8, 4) is 0 Å². The van der Waals surface area contributed by atoms with E-state index in [9.17, 15) is 4.79 Å². The Labute approximate surface area is 126 Å². The van der Waals surface area contributed by atoms with Crippen molar-refractivity contribution in [3.05, 3.63) is 18.7 Å². The Bertz CT molecular complexity index is 310. The molecule has 19 heavy (non-hydrogen) atoms. The van der Waals surface area contributed by atoms with Crippen LogP contribution in [0.5, 0.6) is 0 Å². The Balaban J connectivity index is 0. The van der Waals surface area contributed by atoms with Crippen LogP contribution in [0.4, 0.5) is 0 Å². The van der Waals surface area contributed by atoms with Crippen molar-refractivity contribution >= 4 is 30.7 Å². The van der Waals surface area contributed by atoms with Gasteiger partial charge in [0.15, 0.2) is 0 Å². The molecule has 0 radical (unpaired) electrons. The zero-order valence-electron chi connectivity index (χ0n) is 11.0. The highest BCUT2D eigenvalue weighted by molar-refractivity contribution is 5.85. The summed E-state index contributed by atoms with van der Waals surface area (Å²) in [4.78, 5) is 15.3. The number of rotatable bonds is 9. The van der Waals surface area contributed by atoms with Gasteiger partial charge in [0.05, 0.1) is 12.9 Å². The minimum Gasteiger partial charge on any atom is -0.383 e. The summed E-state index contributed by atoms with van der Waals surface area (Å²) < 4.78 is 6.78. The van der Waals surface area contributed by atoms with Gasteiger partial charge in [0.2, 0.25) is 5.91 Å². The molecule has 0 spiro atoms. The standard InChI is InChI=1S/C11H20N4O2.2ClH/c1-17-9-6-12-3-4-14-11(16)2-7-15-8-5-13-10-15;;/h5,8,10,12H,2-4,6-7,9H2,1H3,(H,14,16);2*1H. The molecule has 0 saturated carbocycles. The fraction of sp³-hybridized carbons (Fsp3) is 0.636. The molecule has 0 unspecified atom stereocenters. The summed E-state index contributed by atoms with van der Waals surface area (Å²) in [6, 6.07) is 0. The molecule has 0 atom stereocenters. The lowest BCUT2D eigenvalue weighted by Gasteiger charge is -2.06. The van der Waals surface area contributed by atoms with Gasteiger partial charge in [-0.1, -0.05) is 0 Å². The van der Waals surface area contributed by atoms with E-state index in [1.807, 2.05) is 10.8 Å². The molecule has 1 amide bonds. The summed E-state index contributed by atoms with van der Waals surface area (Å²) in [5.41, 5.74) is 0. The quantitative estimate of drug-likeness (QED) is 0.650. The van der Waals surface area contributed by atoms with Gasteiger partial charge in [-0.15, -0.1) is 24.8 Å². The second-order valence-corrected chi connectivity index (χ2v) is 3.64. The molecule has 0 bridgehead atoms. The van der Waals surface area contributed by atoms with Gasteiger partial charge in [-0.25, -0.2) is 4.98 Å². The highest BCUT2D eigenvalue weighted by Gasteiger charge is 2.00. The minimum absolute atomic E-state index is 0. The van der Waals surface area contributed by atoms with Gasteiger partial charge < -0.3 is 19.9 Å². The molecular weight excluding hydrogens is 291 g/mol. The smallest absolute Gasteiger partial charge is 0.221 e. The van der Waals surface area contributed by atoms with Crippen LogP contribution in [0.15, 0.2) is 18.7 Å². The van der Waals surface area contributed by atoms with E-state index in [4.69, 9.17) is 4.74 Å². The first kappa shape index (κ1) is 20.5. The Morgan fingerprint density at radius 1 is 1.32 bits per heavy atom. The van der Waals surface area contributed by atoms with Crippen LogP contribution in [-0.2, 0) is 16.1 Å². The van der Waals surface area contributed by atoms with Gasteiger partial charge in [0.1, 0.15) is 0 Å². The number of nitrogens with one attached hydrogen (secondary N) is 2. The first-order valence-corrected chi connectivity index (χ1v) is 5.75. The Hall–Kier alpha value is -0.820. The molecule has 0 aliphatic heterocycles. The van der Waals surface area contributed by atoms with Gasteiger partial charge in [0.25, 0.3) is 0 Å². The van der Waals surface area contributed by atoms with Crippen molar-refractivity contribution < 1.29 is 9.53 Å². The van der Waals surface area contributed by atoms with Crippen molar-refractivity contribution in [2.24, 2.45) is 0 Å². The SMILES string of the molecule is COCCNCCNC(=O)CCn1ccnc1.Cl.Cl. The first-order chi connectivity index (χ1) is 8.33. The lowest BCUT2D eigenvalue weighted by Crippen LogP contribution is -2.33. The molecule has 0 aromatic carbocycles. The summed E-state index contributed by atoms with van der Waals surface area (Å²) in [6.45, 7) is 3.57. The van der Waals surface area contributed by atoms with Gasteiger partial charge in [-0.05, 0) is 0 Å². The first-order valence-electron chi connectivity index (χ1n) is 5.75. The predicted molar refractivity (Wildman–Crippen MR) is 79.1 cm³/mol. The van der Waals surface area contributed by atoms with E-state index in [1.54, 1.807) is 19.6 Å². The molecule has 2 N–H and O–H groups in total. The lowest BCUT2D eigenvalue weighted by molar-refractivity contribution is -0.121. The fourth-order valence-corrected chi connectivity index (χ4v) is 1.33. The van der Waals surface area contributed by atoms with Crippen molar-refractivity contribution in [3.63, 3.8) is 0 Å². The van der Waals surface area contributed by atoms with Gasteiger partial charge in [-0.2, -0.15) is 0 Å². The van der Waals surface area contributed by atoms with Crippen LogP contribution < -0.4 is 10.6 Å². The normalized spacial score (nSPS) is 9.32. The van der Waals surface area contributed by atoms with Crippen LogP contribution in [0.3, 0.4) is 0 Å². The summed E-state index contributed by atoms with van der Waals surface area (Å²) >= 11 is 0. The third kappa shape index (κ3) is 10.8. The number of hydrogen-bond donors (Lipinski definition) is 2. The lowest BCUT2D eigenvalue weighted by atomic mass is 10.4. The largest absolute Gasteiger partial charge is 0.383 e. The average Bonchev–Trinajstić information content (AvgIpc) is 2.84. The number of carbonyl (C=O) groups excluding carboxylic acids is 1. The molecule has 0 fully saturated rings. The molecular formula is C11H22Cl2N4O2. The van der Waals surface area contributed by atoms with Crippen LogP contribution in [0.1, 0.15) is 6.42 Å². The zero-order chi connectivity index (χ0) is 12.3. The molecule has 0 aliphatic rings. The monoisotopic (exact) mass is 312 g/mol. The number of nitrogens with zero attached hydrogens (tertiary/aromatic N) is 2. The number of amides is 1. The summed E-state index contributed by atoms with van der Waals surface area (Å²) in [7, 11) is 1.67. The van der Waals surface area contributed by atoms with Crippen molar-refractivity contribution in [2.75, 3.05) is 33.4 Å². The molecule has 1 aromatic heterocycles. The average molecular weight is 313 g/mol. The maximum Gasteiger partial charge on any atom is 0.221 e. The van der Waals surface area contributed by atoms with E-state index >= 15 is 0 Å². The summed E-state index contributed by atoms with van der Waals surface area (Å²) in [5, 5.41) is 6.00. The highest BCUT2D eigenvalue weighted by Crippen LogP contribution is 1.89. The zero-order valence-corrected chi connectivity index (χ0v) is 12.6. The molecule has 1 rings (SSSR count). The second kappa shape index (κ2) is 13.6. The number of ether oxygens (including phenoxy) is 1.